The molecule has 0 aromatic carbocycles. The molecular weight excluding hydrogens is 324 g/mol. The molecule has 25 heavy (non-hydrogen) atoms. The molecule has 4 atom stereocenters. The maximum absolute atomic E-state index is 12.4. The van der Waals surface area contributed by atoms with Crippen LogP contribution in [0.15, 0.2) is 0 Å². The number of aliphatic hydroxyl groups is 1. The number of hydrogen-bond acceptors (Lipinski definition) is 6. The molecule has 0 heterocycles. The highest BCUT2D eigenvalue weighted by Gasteiger charge is 2.31. The van der Waals surface area contributed by atoms with Crippen LogP contribution in [0.25, 0.3) is 0 Å². The van der Waals surface area contributed by atoms with Crippen LogP contribution in [0.1, 0.15) is 41.0 Å². The van der Waals surface area contributed by atoms with Gasteiger partial charge in [-0.15, -0.1) is 0 Å². The van der Waals surface area contributed by atoms with Crippen LogP contribution in [0.5, 0.6) is 0 Å². The molecule has 0 radical (unpaired) electrons. The quantitative estimate of drug-likeness (QED) is 0.325. The van der Waals surface area contributed by atoms with Crippen LogP contribution in [0.3, 0.4) is 0 Å². The lowest BCUT2D eigenvalue weighted by atomic mass is 9.95. The van der Waals surface area contributed by atoms with E-state index in [1.807, 2.05) is 13.8 Å². The number of hydrogen-bond donors (Lipinski definition) is 5. The lowest BCUT2D eigenvalue weighted by Gasteiger charge is -2.26. The van der Waals surface area contributed by atoms with Gasteiger partial charge in [0, 0.05) is 19.0 Å². The summed E-state index contributed by atoms with van der Waals surface area (Å²) in [5, 5.41) is 14.9. The van der Waals surface area contributed by atoms with Crippen molar-refractivity contribution in [3.05, 3.63) is 0 Å². The van der Waals surface area contributed by atoms with Gasteiger partial charge in [0.05, 0.1) is 18.1 Å². The fourth-order valence-electron chi connectivity index (χ4n) is 2.47. The molecule has 8 heteroatoms. The van der Waals surface area contributed by atoms with Crippen molar-refractivity contribution in [2.24, 2.45) is 29.2 Å². The van der Waals surface area contributed by atoms with Crippen LogP contribution in [-0.2, 0) is 14.4 Å². The second-order valence-electron chi connectivity index (χ2n) is 7.14. The number of Topliss-reactive ketones (excluding diaryl/α,β-unsaturated/α-hetero) is 1. The molecule has 7 N–H and O–H groups in total. The Balaban J connectivity index is 5.06. The van der Waals surface area contributed by atoms with Crippen LogP contribution in [-0.4, -0.2) is 54.0 Å². The Morgan fingerprint density at radius 3 is 1.84 bits per heavy atom. The largest absolute Gasteiger partial charge is 0.391 e. The number of aliphatic hydroxyl groups excluding tert-OH is 1. The molecule has 0 fully saturated rings. The molecule has 0 aromatic heterocycles. The molecule has 0 saturated carbocycles. The minimum absolute atomic E-state index is 0.0536. The van der Waals surface area contributed by atoms with Gasteiger partial charge < -0.3 is 27.2 Å². The third-order valence-electron chi connectivity index (χ3n) is 3.94. The topological polar surface area (TPSA) is 148 Å². The Bertz CT molecular complexity index is 452. The first kappa shape index (κ1) is 23.5. The zero-order chi connectivity index (χ0) is 19.7. The SMILES string of the molecule is CC(C)CC(CN)C(=O)N[C@H](C(=O)N[C@@H](CN)C(=O)C(C)C)[C@H](C)O. The van der Waals surface area contributed by atoms with Gasteiger partial charge in [-0.3, -0.25) is 14.4 Å². The number of nitrogens with two attached hydrogens (primary N) is 2. The van der Waals surface area contributed by atoms with E-state index < -0.39 is 35.9 Å². The Morgan fingerprint density at radius 1 is 0.920 bits per heavy atom. The summed E-state index contributed by atoms with van der Waals surface area (Å²) in [5.74, 6) is -1.71. The first-order valence-corrected chi connectivity index (χ1v) is 8.77. The van der Waals surface area contributed by atoms with E-state index >= 15 is 0 Å². The summed E-state index contributed by atoms with van der Waals surface area (Å²) in [4.78, 5) is 36.8. The van der Waals surface area contributed by atoms with Gasteiger partial charge in [0.15, 0.2) is 5.78 Å². The molecule has 0 aliphatic rings. The van der Waals surface area contributed by atoms with Crippen LogP contribution < -0.4 is 22.1 Å². The Kier molecular flexibility index (Phi) is 10.5. The van der Waals surface area contributed by atoms with Crippen LogP contribution in [0, 0.1) is 17.8 Å². The smallest absolute Gasteiger partial charge is 0.245 e. The summed E-state index contributed by atoms with van der Waals surface area (Å²) in [7, 11) is 0. The van der Waals surface area contributed by atoms with Crippen molar-refractivity contribution in [2.45, 2.75) is 59.2 Å². The summed E-state index contributed by atoms with van der Waals surface area (Å²) >= 11 is 0. The fourth-order valence-corrected chi connectivity index (χ4v) is 2.47. The number of nitrogens with one attached hydrogen (secondary N) is 2. The fraction of sp³-hybridized carbons (Fsp3) is 0.824. The number of carbonyl (C=O) groups excluding carboxylic acids is 3. The normalized spacial score (nSPS) is 16.2. The van der Waals surface area contributed by atoms with Crippen molar-refractivity contribution in [2.75, 3.05) is 13.1 Å². The van der Waals surface area contributed by atoms with Crippen molar-refractivity contribution in [3.63, 3.8) is 0 Å². The first-order valence-electron chi connectivity index (χ1n) is 8.77. The summed E-state index contributed by atoms with van der Waals surface area (Å²) in [6, 6.07) is -2.03. The molecule has 0 bridgehead atoms. The molecule has 2 amide bonds. The number of rotatable bonds is 11. The van der Waals surface area contributed by atoms with Crippen molar-refractivity contribution in [3.8, 4) is 0 Å². The Labute approximate surface area is 150 Å². The van der Waals surface area contributed by atoms with Gasteiger partial charge in [0.25, 0.3) is 0 Å². The Morgan fingerprint density at radius 2 is 1.48 bits per heavy atom. The summed E-state index contributed by atoms with van der Waals surface area (Å²) in [6.45, 7) is 8.85. The number of ketones is 1. The van der Waals surface area contributed by atoms with Gasteiger partial charge in [-0.1, -0.05) is 27.7 Å². The first-order chi connectivity index (χ1) is 11.5. The average Bonchev–Trinajstić information content (AvgIpc) is 2.53. The van der Waals surface area contributed by atoms with Gasteiger partial charge in [-0.05, 0) is 19.3 Å². The van der Waals surface area contributed by atoms with Gasteiger partial charge in [-0.2, -0.15) is 0 Å². The van der Waals surface area contributed by atoms with Crippen molar-refractivity contribution in [1.29, 1.82) is 0 Å². The molecule has 0 aromatic rings. The molecule has 1 unspecified atom stereocenters. The molecule has 0 aliphatic carbocycles. The molecule has 0 aliphatic heterocycles. The van der Waals surface area contributed by atoms with E-state index in [4.69, 9.17) is 11.5 Å². The second kappa shape index (κ2) is 11.2. The van der Waals surface area contributed by atoms with Crippen molar-refractivity contribution in [1.82, 2.24) is 10.6 Å². The third kappa shape index (κ3) is 7.94. The molecule has 0 spiro atoms. The number of carbonyl (C=O) groups is 3. The Hall–Kier alpha value is -1.51. The van der Waals surface area contributed by atoms with Crippen molar-refractivity contribution < 1.29 is 19.5 Å². The summed E-state index contributed by atoms with van der Waals surface area (Å²) < 4.78 is 0. The minimum Gasteiger partial charge on any atom is -0.391 e. The molecular formula is C17H34N4O4. The predicted octanol–water partition coefficient (Wildman–Crippen LogP) is -0.858. The van der Waals surface area contributed by atoms with Gasteiger partial charge in [0.2, 0.25) is 11.8 Å². The third-order valence-corrected chi connectivity index (χ3v) is 3.94. The highest BCUT2D eigenvalue weighted by molar-refractivity contribution is 5.94. The van der Waals surface area contributed by atoms with E-state index in [0.29, 0.717) is 6.42 Å². The highest BCUT2D eigenvalue weighted by Crippen LogP contribution is 2.11. The zero-order valence-electron chi connectivity index (χ0n) is 15.9. The standard InChI is InChI=1S/C17H34N4O4/c1-9(2)6-12(7-18)16(24)21-14(11(5)22)17(25)20-13(8-19)15(23)10(3)4/h9-14,22H,6-8,18-19H2,1-5H3,(H,20,25)(H,21,24)/t11-,12?,13-,14-/m0/s1. The lowest BCUT2D eigenvalue weighted by Crippen LogP contribution is -2.58. The lowest BCUT2D eigenvalue weighted by molar-refractivity contribution is -0.135. The van der Waals surface area contributed by atoms with Crippen LogP contribution >= 0.6 is 0 Å². The van der Waals surface area contributed by atoms with Crippen LogP contribution in [0.4, 0.5) is 0 Å². The van der Waals surface area contributed by atoms with E-state index in [-0.39, 0.29) is 30.7 Å². The van der Waals surface area contributed by atoms with E-state index in [2.05, 4.69) is 10.6 Å². The maximum atomic E-state index is 12.4. The van der Waals surface area contributed by atoms with E-state index in [1.165, 1.54) is 6.92 Å². The zero-order valence-corrected chi connectivity index (χ0v) is 15.9. The molecule has 8 nitrogen and oxygen atoms in total. The predicted molar refractivity (Wildman–Crippen MR) is 96.4 cm³/mol. The highest BCUT2D eigenvalue weighted by atomic mass is 16.3. The molecule has 146 valence electrons. The number of amides is 2. The van der Waals surface area contributed by atoms with Crippen molar-refractivity contribution >= 4 is 17.6 Å². The van der Waals surface area contributed by atoms with E-state index in [0.717, 1.165) is 0 Å². The summed E-state index contributed by atoms with van der Waals surface area (Å²) in [6.07, 6.45) is -0.553. The van der Waals surface area contributed by atoms with Gasteiger partial charge in [0.1, 0.15) is 6.04 Å². The molecule has 0 rings (SSSR count). The maximum Gasteiger partial charge on any atom is 0.245 e. The van der Waals surface area contributed by atoms with Gasteiger partial charge >= 0.3 is 0 Å². The van der Waals surface area contributed by atoms with E-state index in [9.17, 15) is 19.5 Å². The van der Waals surface area contributed by atoms with E-state index in [1.54, 1.807) is 13.8 Å². The molecule has 0 saturated heterocycles. The van der Waals surface area contributed by atoms with Gasteiger partial charge in [-0.25, -0.2) is 0 Å². The average molecular weight is 358 g/mol. The monoisotopic (exact) mass is 358 g/mol. The minimum atomic E-state index is -1.18. The second-order valence-corrected chi connectivity index (χ2v) is 7.14. The summed E-state index contributed by atoms with van der Waals surface area (Å²) in [5.41, 5.74) is 11.2. The van der Waals surface area contributed by atoms with Crippen LogP contribution in [0.2, 0.25) is 0 Å².